The number of hydrogen-bond acceptors (Lipinski definition) is 4. The molecule has 0 amide bonds. The zero-order valence-corrected chi connectivity index (χ0v) is 10.0. The van der Waals surface area contributed by atoms with E-state index in [1.54, 1.807) is 6.26 Å². The van der Waals surface area contributed by atoms with Gasteiger partial charge in [0.05, 0.1) is 5.69 Å². The van der Waals surface area contributed by atoms with Crippen molar-refractivity contribution < 1.29 is 4.42 Å². The molecule has 16 heavy (non-hydrogen) atoms. The van der Waals surface area contributed by atoms with Crippen molar-refractivity contribution in [2.75, 3.05) is 26.7 Å². The molecule has 0 radical (unpaired) electrons. The van der Waals surface area contributed by atoms with Crippen molar-refractivity contribution in [2.24, 2.45) is 0 Å². The molecule has 1 N–H and O–H groups in total. The minimum absolute atomic E-state index is 0.785. The maximum Gasteiger partial charge on any atom is 0.195 e. The van der Waals surface area contributed by atoms with Gasteiger partial charge < -0.3 is 14.6 Å². The van der Waals surface area contributed by atoms with Gasteiger partial charge in [0.1, 0.15) is 6.26 Å². The molecule has 1 saturated heterocycles. The summed E-state index contributed by atoms with van der Waals surface area (Å²) < 4.78 is 5.43. The van der Waals surface area contributed by atoms with Crippen LogP contribution in [0.2, 0.25) is 0 Å². The molecule has 0 bridgehead atoms. The molecule has 1 fully saturated rings. The number of aromatic nitrogens is 1. The highest BCUT2D eigenvalue weighted by molar-refractivity contribution is 4.96. The van der Waals surface area contributed by atoms with Crippen molar-refractivity contribution in [3.05, 3.63) is 17.8 Å². The molecule has 4 heteroatoms. The number of nitrogens with zero attached hydrogens (tertiary/aromatic N) is 2. The second-order valence-corrected chi connectivity index (χ2v) is 4.42. The van der Waals surface area contributed by atoms with Crippen molar-refractivity contribution in [3.63, 3.8) is 0 Å². The molecule has 0 unspecified atom stereocenters. The quantitative estimate of drug-likeness (QED) is 0.819. The van der Waals surface area contributed by atoms with E-state index in [2.05, 4.69) is 15.2 Å². The average molecular weight is 223 g/mol. The Morgan fingerprint density at radius 2 is 2.19 bits per heavy atom. The Labute approximate surface area is 97.0 Å². The van der Waals surface area contributed by atoms with Crippen LogP contribution in [-0.2, 0) is 13.0 Å². The summed E-state index contributed by atoms with van der Waals surface area (Å²) in [6.07, 6.45) is 6.76. The van der Waals surface area contributed by atoms with Gasteiger partial charge in [0.25, 0.3) is 0 Å². The van der Waals surface area contributed by atoms with E-state index >= 15 is 0 Å². The maximum absolute atomic E-state index is 5.43. The van der Waals surface area contributed by atoms with E-state index in [1.807, 2.05) is 7.05 Å². The third-order valence-electron chi connectivity index (χ3n) is 3.05. The largest absolute Gasteiger partial charge is 0.449 e. The summed E-state index contributed by atoms with van der Waals surface area (Å²) in [7, 11) is 1.92. The average Bonchev–Trinajstić information content (AvgIpc) is 2.76. The van der Waals surface area contributed by atoms with Gasteiger partial charge >= 0.3 is 0 Å². The van der Waals surface area contributed by atoms with Crippen LogP contribution in [0, 0.1) is 0 Å². The van der Waals surface area contributed by atoms with Crippen LogP contribution in [0.5, 0.6) is 0 Å². The van der Waals surface area contributed by atoms with Crippen molar-refractivity contribution in [3.8, 4) is 0 Å². The smallest absolute Gasteiger partial charge is 0.195 e. The van der Waals surface area contributed by atoms with Crippen LogP contribution in [0.1, 0.15) is 30.8 Å². The molecule has 2 heterocycles. The second kappa shape index (κ2) is 6.01. The molecular formula is C12H21N3O. The van der Waals surface area contributed by atoms with Gasteiger partial charge in [0.2, 0.25) is 0 Å². The van der Waals surface area contributed by atoms with Crippen LogP contribution in [0.25, 0.3) is 0 Å². The zero-order chi connectivity index (χ0) is 11.2. The molecule has 1 aromatic rings. The van der Waals surface area contributed by atoms with Crippen LogP contribution in [0.15, 0.2) is 10.7 Å². The first-order valence-electron chi connectivity index (χ1n) is 6.19. The van der Waals surface area contributed by atoms with Crippen LogP contribution in [0.4, 0.5) is 0 Å². The van der Waals surface area contributed by atoms with Crippen LogP contribution in [-0.4, -0.2) is 36.6 Å². The van der Waals surface area contributed by atoms with Crippen LogP contribution in [0.3, 0.4) is 0 Å². The Morgan fingerprint density at radius 1 is 1.38 bits per heavy atom. The van der Waals surface area contributed by atoms with E-state index in [9.17, 15) is 0 Å². The number of nitrogens with one attached hydrogen (secondary N) is 1. The van der Waals surface area contributed by atoms with Gasteiger partial charge in [-0.05, 0) is 33.0 Å². The highest BCUT2D eigenvalue weighted by Crippen LogP contribution is 2.10. The van der Waals surface area contributed by atoms with Gasteiger partial charge in [-0.25, -0.2) is 4.98 Å². The lowest BCUT2D eigenvalue weighted by atomic mass is 10.1. The van der Waals surface area contributed by atoms with Crippen LogP contribution < -0.4 is 5.32 Å². The fourth-order valence-electron chi connectivity index (χ4n) is 2.16. The number of piperidine rings is 1. The van der Waals surface area contributed by atoms with E-state index in [4.69, 9.17) is 4.42 Å². The van der Waals surface area contributed by atoms with Gasteiger partial charge in [-0.1, -0.05) is 6.42 Å². The van der Waals surface area contributed by atoms with E-state index < -0.39 is 0 Å². The number of hydrogen-bond donors (Lipinski definition) is 1. The Hall–Kier alpha value is -0.870. The van der Waals surface area contributed by atoms with E-state index in [0.29, 0.717) is 0 Å². The predicted octanol–water partition coefficient (Wildman–Crippen LogP) is 1.42. The number of likely N-dealkylation sites (tertiary alicyclic amines) is 1. The van der Waals surface area contributed by atoms with Gasteiger partial charge in [-0.15, -0.1) is 0 Å². The van der Waals surface area contributed by atoms with E-state index in [-0.39, 0.29) is 0 Å². The molecular weight excluding hydrogens is 202 g/mol. The van der Waals surface area contributed by atoms with Crippen molar-refractivity contribution >= 4 is 0 Å². The summed E-state index contributed by atoms with van der Waals surface area (Å²) in [6.45, 7) is 4.35. The second-order valence-electron chi connectivity index (χ2n) is 4.42. The van der Waals surface area contributed by atoms with Crippen molar-refractivity contribution in [1.82, 2.24) is 15.2 Å². The molecule has 1 aliphatic heterocycles. The Balaban J connectivity index is 1.75. The summed E-state index contributed by atoms with van der Waals surface area (Å²) in [5.41, 5.74) is 0.996. The standard InChI is InChI=1S/C12H21N3O/c1-13-9-11-10-16-12(14-11)5-8-15-6-3-2-4-7-15/h10,13H,2-9H2,1H3. The lowest BCUT2D eigenvalue weighted by Gasteiger charge is -2.25. The number of oxazole rings is 1. The normalized spacial score (nSPS) is 17.8. The molecule has 0 spiro atoms. The monoisotopic (exact) mass is 223 g/mol. The third kappa shape index (κ3) is 3.32. The van der Waals surface area contributed by atoms with Crippen molar-refractivity contribution in [2.45, 2.75) is 32.2 Å². The first kappa shape index (κ1) is 11.6. The molecule has 0 atom stereocenters. The highest BCUT2D eigenvalue weighted by Gasteiger charge is 2.11. The Bertz CT molecular complexity index is 305. The van der Waals surface area contributed by atoms with E-state index in [1.165, 1.54) is 32.4 Å². The lowest BCUT2D eigenvalue weighted by molar-refractivity contribution is 0.226. The van der Waals surface area contributed by atoms with Crippen molar-refractivity contribution in [1.29, 1.82) is 0 Å². The summed E-state index contributed by atoms with van der Waals surface area (Å²) in [5, 5.41) is 3.07. The SMILES string of the molecule is CNCc1coc(CCN2CCCCC2)n1. The molecule has 0 saturated carbocycles. The maximum atomic E-state index is 5.43. The first-order chi connectivity index (χ1) is 7.88. The van der Waals surface area contributed by atoms with Gasteiger partial charge in [-0.3, -0.25) is 0 Å². The summed E-state index contributed by atoms with van der Waals surface area (Å²) >= 11 is 0. The summed E-state index contributed by atoms with van der Waals surface area (Å²) in [5.74, 6) is 0.871. The molecule has 0 aliphatic carbocycles. The molecule has 1 aromatic heterocycles. The zero-order valence-electron chi connectivity index (χ0n) is 10.0. The topological polar surface area (TPSA) is 41.3 Å². The fraction of sp³-hybridized carbons (Fsp3) is 0.750. The van der Waals surface area contributed by atoms with Gasteiger partial charge in [0.15, 0.2) is 5.89 Å². The Kier molecular flexibility index (Phi) is 4.36. The lowest BCUT2D eigenvalue weighted by Crippen LogP contribution is -2.31. The molecule has 2 rings (SSSR count). The summed E-state index contributed by atoms with van der Waals surface area (Å²) in [4.78, 5) is 6.93. The van der Waals surface area contributed by atoms with Crippen LogP contribution >= 0.6 is 0 Å². The highest BCUT2D eigenvalue weighted by atomic mass is 16.3. The molecule has 1 aliphatic rings. The molecule has 90 valence electrons. The Morgan fingerprint density at radius 3 is 2.94 bits per heavy atom. The first-order valence-corrected chi connectivity index (χ1v) is 6.19. The third-order valence-corrected chi connectivity index (χ3v) is 3.05. The minimum atomic E-state index is 0.785. The fourth-order valence-corrected chi connectivity index (χ4v) is 2.16. The summed E-state index contributed by atoms with van der Waals surface area (Å²) in [6, 6.07) is 0. The molecule has 0 aromatic carbocycles. The van der Waals surface area contributed by atoms with Gasteiger partial charge in [0, 0.05) is 19.5 Å². The number of rotatable bonds is 5. The van der Waals surface area contributed by atoms with Gasteiger partial charge in [-0.2, -0.15) is 0 Å². The van der Waals surface area contributed by atoms with E-state index in [0.717, 1.165) is 31.1 Å². The predicted molar refractivity (Wildman–Crippen MR) is 63.3 cm³/mol. The molecule has 4 nitrogen and oxygen atoms in total. The minimum Gasteiger partial charge on any atom is -0.449 e.